The average Bonchev–Trinajstić information content (AvgIpc) is 2.96. The Hall–Kier alpha value is -0.920. The van der Waals surface area contributed by atoms with Gasteiger partial charge < -0.3 is 4.90 Å². The molecule has 0 aliphatic carbocycles. The summed E-state index contributed by atoms with van der Waals surface area (Å²) < 4.78 is 23.0. The lowest BCUT2D eigenvalue weighted by atomic mass is 10.2. The molecule has 0 radical (unpaired) electrons. The lowest BCUT2D eigenvalue weighted by Crippen LogP contribution is -2.34. The first-order chi connectivity index (χ1) is 8.53. The third-order valence-corrected chi connectivity index (χ3v) is 5.41. The Kier molecular flexibility index (Phi) is 4.04. The summed E-state index contributed by atoms with van der Waals surface area (Å²) >= 11 is 1.56. The van der Waals surface area contributed by atoms with Crippen LogP contribution in [-0.2, 0) is 14.6 Å². The van der Waals surface area contributed by atoms with E-state index in [2.05, 4.69) is 5.32 Å². The van der Waals surface area contributed by atoms with Crippen LogP contribution < -0.4 is 5.32 Å². The van der Waals surface area contributed by atoms with Gasteiger partial charge in [0.15, 0.2) is 9.84 Å². The normalized spacial score (nSPS) is 20.6. The summed E-state index contributed by atoms with van der Waals surface area (Å²) in [5.41, 5.74) is 1.01. The van der Waals surface area contributed by atoms with Crippen LogP contribution in [0.5, 0.6) is 0 Å². The van der Waals surface area contributed by atoms with Gasteiger partial charge in [-0.3, -0.25) is 10.1 Å². The average molecular weight is 288 g/mol. The maximum atomic E-state index is 11.8. The third kappa shape index (κ3) is 2.90. The number of amides is 1. The molecule has 5 nitrogen and oxygen atoms in total. The molecule has 0 saturated carbocycles. The zero-order valence-electron chi connectivity index (χ0n) is 10.1. The highest BCUT2D eigenvalue weighted by Gasteiger charge is 2.32. The molecule has 1 aromatic heterocycles. The summed E-state index contributed by atoms with van der Waals surface area (Å²) in [4.78, 5) is 13.4. The highest BCUT2D eigenvalue weighted by molar-refractivity contribution is 7.91. The Bertz CT molecular complexity index is 510. The van der Waals surface area contributed by atoms with E-state index in [9.17, 15) is 13.2 Å². The lowest BCUT2D eigenvalue weighted by molar-refractivity contribution is -0.127. The van der Waals surface area contributed by atoms with Crippen molar-refractivity contribution in [2.24, 2.45) is 0 Å². The minimum absolute atomic E-state index is 0.0254. The molecular weight excluding hydrogens is 272 g/mol. The van der Waals surface area contributed by atoms with Gasteiger partial charge in [0, 0.05) is 12.3 Å². The number of hydrogen-bond acceptors (Lipinski definition) is 5. The van der Waals surface area contributed by atoms with Crippen LogP contribution in [0.2, 0.25) is 0 Å². The Morgan fingerprint density at radius 1 is 1.56 bits per heavy atom. The summed E-state index contributed by atoms with van der Waals surface area (Å²) in [5.74, 6) is 0.0980. The molecule has 1 aliphatic rings. The van der Waals surface area contributed by atoms with Crippen molar-refractivity contribution >= 4 is 27.1 Å². The van der Waals surface area contributed by atoms with Crippen molar-refractivity contribution in [2.75, 3.05) is 24.6 Å². The van der Waals surface area contributed by atoms with Gasteiger partial charge in [0.2, 0.25) is 5.91 Å². The van der Waals surface area contributed by atoms with Crippen LogP contribution in [0, 0.1) is 0 Å². The van der Waals surface area contributed by atoms with E-state index in [0.717, 1.165) is 5.56 Å². The van der Waals surface area contributed by atoms with Crippen molar-refractivity contribution in [1.82, 2.24) is 10.2 Å². The SMILES string of the molecule is CCS(=O)(=O)CCN1C(=O)CNC1c1ccsc1. The molecule has 1 N–H and O–H groups in total. The fourth-order valence-electron chi connectivity index (χ4n) is 1.90. The molecule has 0 aromatic carbocycles. The number of nitrogens with one attached hydrogen (secondary N) is 1. The van der Waals surface area contributed by atoms with Crippen molar-refractivity contribution in [1.29, 1.82) is 0 Å². The van der Waals surface area contributed by atoms with Crippen LogP contribution in [0.25, 0.3) is 0 Å². The summed E-state index contributed by atoms with van der Waals surface area (Å²) in [6, 6.07) is 1.95. The van der Waals surface area contributed by atoms with Gasteiger partial charge in [-0.05, 0) is 22.4 Å². The zero-order valence-corrected chi connectivity index (χ0v) is 11.8. The Morgan fingerprint density at radius 2 is 2.33 bits per heavy atom. The van der Waals surface area contributed by atoms with Crippen LogP contribution in [0.1, 0.15) is 18.7 Å². The second-order valence-electron chi connectivity index (χ2n) is 4.16. The van der Waals surface area contributed by atoms with E-state index >= 15 is 0 Å². The number of sulfone groups is 1. The van der Waals surface area contributed by atoms with E-state index in [4.69, 9.17) is 0 Å². The number of carbonyl (C=O) groups is 1. The summed E-state index contributed by atoms with van der Waals surface area (Å²) in [5, 5.41) is 7.02. The number of nitrogens with zero attached hydrogens (tertiary/aromatic N) is 1. The second-order valence-corrected chi connectivity index (χ2v) is 7.42. The van der Waals surface area contributed by atoms with Crippen LogP contribution in [0.4, 0.5) is 0 Å². The van der Waals surface area contributed by atoms with Gasteiger partial charge >= 0.3 is 0 Å². The van der Waals surface area contributed by atoms with E-state index in [1.807, 2.05) is 16.8 Å². The largest absolute Gasteiger partial charge is 0.321 e. The van der Waals surface area contributed by atoms with Crippen molar-refractivity contribution in [3.63, 3.8) is 0 Å². The van der Waals surface area contributed by atoms with Gasteiger partial charge in [-0.25, -0.2) is 8.42 Å². The molecule has 7 heteroatoms. The van der Waals surface area contributed by atoms with Gasteiger partial charge in [-0.2, -0.15) is 11.3 Å². The van der Waals surface area contributed by atoms with E-state index < -0.39 is 9.84 Å². The molecule has 2 rings (SSSR count). The standard InChI is InChI=1S/C11H16N2O3S2/c1-2-18(15,16)6-4-13-10(14)7-12-11(13)9-3-5-17-8-9/h3,5,8,11-12H,2,4,6-7H2,1H3. The monoisotopic (exact) mass is 288 g/mol. The molecule has 18 heavy (non-hydrogen) atoms. The molecule has 1 amide bonds. The highest BCUT2D eigenvalue weighted by Crippen LogP contribution is 2.24. The third-order valence-electron chi connectivity index (χ3n) is 3.02. The molecule has 1 fully saturated rings. The van der Waals surface area contributed by atoms with Gasteiger partial charge in [-0.15, -0.1) is 0 Å². The zero-order chi connectivity index (χ0) is 13.2. The number of hydrogen-bond donors (Lipinski definition) is 1. The van der Waals surface area contributed by atoms with Crippen LogP contribution in [0.15, 0.2) is 16.8 Å². The molecule has 1 atom stereocenters. The Labute approximate surface area is 111 Å². The van der Waals surface area contributed by atoms with Gasteiger partial charge in [-0.1, -0.05) is 6.92 Å². The summed E-state index contributed by atoms with van der Waals surface area (Å²) in [7, 11) is -3.04. The van der Waals surface area contributed by atoms with Crippen LogP contribution in [-0.4, -0.2) is 43.8 Å². The quantitative estimate of drug-likeness (QED) is 0.862. The predicted octanol–water partition coefficient (Wildman–Crippen LogP) is 0.613. The summed E-state index contributed by atoms with van der Waals surface area (Å²) in [6.45, 7) is 2.14. The number of carbonyl (C=O) groups excluding carboxylic acids is 1. The minimum Gasteiger partial charge on any atom is -0.321 e. The number of thiophene rings is 1. The fraction of sp³-hybridized carbons (Fsp3) is 0.545. The molecule has 100 valence electrons. The Balaban J connectivity index is 2.07. The van der Waals surface area contributed by atoms with Crippen molar-refractivity contribution in [3.8, 4) is 0 Å². The van der Waals surface area contributed by atoms with E-state index in [-0.39, 0.29) is 36.7 Å². The molecule has 1 aliphatic heterocycles. The maximum absolute atomic E-state index is 11.8. The predicted molar refractivity (Wildman–Crippen MR) is 71.1 cm³/mol. The molecule has 1 saturated heterocycles. The molecular formula is C11H16N2O3S2. The van der Waals surface area contributed by atoms with Crippen LogP contribution in [0.3, 0.4) is 0 Å². The molecule has 1 unspecified atom stereocenters. The van der Waals surface area contributed by atoms with E-state index in [0.29, 0.717) is 0 Å². The second kappa shape index (κ2) is 5.38. The van der Waals surface area contributed by atoms with E-state index in [1.165, 1.54) is 0 Å². The molecule has 0 bridgehead atoms. The van der Waals surface area contributed by atoms with Crippen molar-refractivity contribution in [2.45, 2.75) is 13.1 Å². The smallest absolute Gasteiger partial charge is 0.238 e. The molecule has 1 aromatic rings. The first-order valence-electron chi connectivity index (χ1n) is 5.79. The number of rotatable bonds is 5. The van der Waals surface area contributed by atoms with Gasteiger partial charge in [0.05, 0.1) is 12.3 Å². The maximum Gasteiger partial charge on any atom is 0.238 e. The Morgan fingerprint density at radius 3 is 2.94 bits per heavy atom. The van der Waals surface area contributed by atoms with Gasteiger partial charge in [0.25, 0.3) is 0 Å². The molecule has 0 spiro atoms. The first kappa shape index (κ1) is 13.5. The fourth-order valence-corrected chi connectivity index (χ4v) is 3.35. The van der Waals surface area contributed by atoms with Crippen molar-refractivity contribution in [3.05, 3.63) is 22.4 Å². The first-order valence-corrected chi connectivity index (χ1v) is 8.55. The van der Waals surface area contributed by atoms with E-state index in [1.54, 1.807) is 23.2 Å². The lowest BCUT2D eigenvalue weighted by Gasteiger charge is -2.23. The topological polar surface area (TPSA) is 66.5 Å². The highest BCUT2D eigenvalue weighted by atomic mass is 32.2. The minimum atomic E-state index is -3.04. The summed E-state index contributed by atoms with van der Waals surface area (Å²) in [6.07, 6.45) is -0.184. The van der Waals surface area contributed by atoms with Gasteiger partial charge in [0.1, 0.15) is 6.17 Å². The van der Waals surface area contributed by atoms with Crippen molar-refractivity contribution < 1.29 is 13.2 Å². The van der Waals surface area contributed by atoms with Crippen LogP contribution >= 0.6 is 11.3 Å². The molecule has 2 heterocycles.